The Labute approximate surface area is 151 Å². The fourth-order valence-corrected chi connectivity index (χ4v) is 4.49. The molecule has 3 rings (SSSR count). The van der Waals surface area contributed by atoms with Gasteiger partial charge in [0.2, 0.25) is 0 Å². The number of rotatable bonds is 6. The van der Waals surface area contributed by atoms with Crippen molar-refractivity contribution in [2.75, 3.05) is 7.11 Å². The lowest BCUT2D eigenvalue weighted by molar-refractivity contribution is -0.0925. The minimum absolute atomic E-state index is 0.209. The number of hydrogen-bond donors (Lipinski definition) is 0. The van der Waals surface area contributed by atoms with Crippen LogP contribution >= 0.6 is 0 Å². The average molecular weight is 341 g/mol. The number of aromatic nitrogens is 3. The molecule has 136 valence electrons. The van der Waals surface area contributed by atoms with Crippen LogP contribution in [0.15, 0.2) is 36.9 Å². The Kier molecular flexibility index (Phi) is 5.57. The molecule has 1 aromatic carbocycles. The van der Waals surface area contributed by atoms with Crippen LogP contribution in [0.1, 0.15) is 44.2 Å². The lowest BCUT2D eigenvalue weighted by Crippen LogP contribution is -2.47. The van der Waals surface area contributed by atoms with Gasteiger partial charge in [-0.2, -0.15) is 5.10 Å². The summed E-state index contributed by atoms with van der Waals surface area (Å²) >= 11 is 0. The molecule has 0 aliphatic heterocycles. The molecular formula is C21H31N3O. The van der Waals surface area contributed by atoms with Crippen molar-refractivity contribution in [3.05, 3.63) is 48.0 Å². The SMILES string of the molecule is CO[C@@H]1[C@@H](Cn2cncn2)[C@H](CCc2ccc(C)cc2)CCC1(C)C. The highest BCUT2D eigenvalue weighted by Gasteiger charge is 2.44. The van der Waals surface area contributed by atoms with Gasteiger partial charge >= 0.3 is 0 Å². The summed E-state index contributed by atoms with van der Waals surface area (Å²) in [4.78, 5) is 4.11. The van der Waals surface area contributed by atoms with E-state index in [0.717, 1.165) is 13.0 Å². The van der Waals surface area contributed by atoms with E-state index in [1.54, 1.807) is 6.33 Å². The maximum atomic E-state index is 6.00. The molecule has 0 N–H and O–H groups in total. The lowest BCUT2D eigenvalue weighted by atomic mass is 9.63. The lowest BCUT2D eigenvalue weighted by Gasteiger charge is -2.47. The fraction of sp³-hybridized carbons (Fsp3) is 0.619. The molecule has 1 saturated carbocycles. The Morgan fingerprint density at radius 1 is 1.24 bits per heavy atom. The van der Waals surface area contributed by atoms with E-state index in [2.05, 4.69) is 55.1 Å². The van der Waals surface area contributed by atoms with Crippen LogP contribution in [0.3, 0.4) is 0 Å². The average Bonchev–Trinajstić information content (AvgIpc) is 3.08. The first-order valence-corrected chi connectivity index (χ1v) is 9.40. The third-order valence-electron chi connectivity index (χ3n) is 5.97. The maximum Gasteiger partial charge on any atom is 0.137 e. The molecule has 0 saturated heterocycles. The molecule has 2 aromatic rings. The summed E-state index contributed by atoms with van der Waals surface area (Å²) in [6.45, 7) is 7.71. The van der Waals surface area contributed by atoms with Crippen LogP contribution in [-0.2, 0) is 17.7 Å². The van der Waals surface area contributed by atoms with Crippen molar-refractivity contribution in [2.45, 2.75) is 59.1 Å². The first kappa shape index (κ1) is 18.1. The number of hydrogen-bond acceptors (Lipinski definition) is 3. The summed E-state index contributed by atoms with van der Waals surface area (Å²) in [5, 5.41) is 4.34. The predicted octanol–water partition coefficient (Wildman–Crippen LogP) is 4.29. The van der Waals surface area contributed by atoms with Crippen LogP contribution in [0.5, 0.6) is 0 Å². The van der Waals surface area contributed by atoms with Crippen LogP contribution in [0, 0.1) is 24.2 Å². The molecule has 1 heterocycles. The molecule has 0 bridgehead atoms. The summed E-state index contributed by atoms with van der Waals surface area (Å²) in [5.41, 5.74) is 2.97. The zero-order chi connectivity index (χ0) is 17.9. The maximum absolute atomic E-state index is 6.00. The summed E-state index contributed by atoms with van der Waals surface area (Å²) in [6.07, 6.45) is 8.53. The van der Waals surface area contributed by atoms with Crippen molar-refractivity contribution in [2.24, 2.45) is 17.3 Å². The van der Waals surface area contributed by atoms with Gasteiger partial charge in [-0.1, -0.05) is 43.7 Å². The smallest absolute Gasteiger partial charge is 0.137 e. The van der Waals surface area contributed by atoms with E-state index in [1.165, 1.54) is 30.4 Å². The molecule has 3 atom stereocenters. The van der Waals surface area contributed by atoms with Gasteiger partial charge < -0.3 is 4.74 Å². The Morgan fingerprint density at radius 2 is 2.00 bits per heavy atom. The first-order chi connectivity index (χ1) is 12.0. The van der Waals surface area contributed by atoms with Crippen molar-refractivity contribution < 1.29 is 4.74 Å². The van der Waals surface area contributed by atoms with Gasteiger partial charge in [0, 0.05) is 19.6 Å². The topological polar surface area (TPSA) is 39.9 Å². The van der Waals surface area contributed by atoms with Crippen LogP contribution in [0.2, 0.25) is 0 Å². The van der Waals surface area contributed by atoms with Crippen molar-refractivity contribution >= 4 is 0 Å². The van der Waals surface area contributed by atoms with Gasteiger partial charge in [0.25, 0.3) is 0 Å². The van der Waals surface area contributed by atoms with Gasteiger partial charge in [-0.3, -0.25) is 4.68 Å². The fourth-order valence-electron chi connectivity index (χ4n) is 4.49. The first-order valence-electron chi connectivity index (χ1n) is 9.40. The second-order valence-electron chi connectivity index (χ2n) is 8.25. The Balaban J connectivity index is 1.73. The zero-order valence-corrected chi connectivity index (χ0v) is 16.0. The minimum Gasteiger partial charge on any atom is -0.381 e. The van der Waals surface area contributed by atoms with Crippen LogP contribution < -0.4 is 0 Å². The molecule has 1 fully saturated rings. The molecule has 4 heteroatoms. The number of aryl methyl sites for hydroxylation is 2. The zero-order valence-electron chi connectivity index (χ0n) is 16.0. The van der Waals surface area contributed by atoms with Crippen LogP contribution in [0.25, 0.3) is 0 Å². The quantitative estimate of drug-likeness (QED) is 0.787. The number of benzene rings is 1. The van der Waals surface area contributed by atoms with Crippen LogP contribution in [-0.4, -0.2) is 28.0 Å². The number of ether oxygens (including phenoxy) is 1. The van der Waals surface area contributed by atoms with E-state index in [9.17, 15) is 0 Å². The van der Waals surface area contributed by atoms with Gasteiger partial charge in [-0.25, -0.2) is 4.98 Å². The highest BCUT2D eigenvalue weighted by Crippen LogP contribution is 2.45. The molecule has 1 aromatic heterocycles. The minimum atomic E-state index is 0.209. The Bertz CT molecular complexity index is 648. The highest BCUT2D eigenvalue weighted by atomic mass is 16.5. The molecule has 0 spiro atoms. The van der Waals surface area contributed by atoms with Gasteiger partial charge in [0.15, 0.2) is 0 Å². The third-order valence-corrected chi connectivity index (χ3v) is 5.97. The highest BCUT2D eigenvalue weighted by molar-refractivity contribution is 5.21. The third kappa shape index (κ3) is 4.30. The molecule has 25 heavy (non-hydrogen) atoms. The van der Waals surface area contributed by atoms with E-state index in [4.69, 9.17) is 4.74 Å². The van der Waals surface area contributed by atoms with E-state index in [0.29, 0.717) is 11.8 Å². The van der Waals surface area contributed by atoms with Crippen molar-refractivity contribution in [3.63, 3.8) is 0 Å². The van der Waals surface area contributed by atoms with Crippen molar-refractivity contribution in [1.82, 2.24) is 14.8 Å². The van der Waals surface area contributed by atoms with Gasteiger partial charge in [-0.05, 0) is 49.5 Å². The Hall–Kier alpha value is -1.68. The number of nitrogens with zero attached hydrogens (tertiary/aromatic N) is 3. The van der Waals surface area contributed by atoms with Crippen LogP contribution in [0.4, 0.5) is 0 Å². The summed E-state index contributed by atoms with van der Waals surface area (Å²) in [7, 11) is 1.86. The molecule has 0 unspecified atom stereocenters. The molecule has 0 amide bonds. The van der Waals surface area contributed by atoms with Crippen molar-refractivity contribution in [1.29, 1.82) is 0 Å². The monoisotopic (exact) mass is 341 g/mol. The summed E-state index contributed by atoms with van der Waals surface area (Å²) < 4.78 is 7.97. The number of methoxy groups -OCH3 is 1. The standard InChI is InChI=1S/C21H31N3O/c1-16-5-7-17(8-6-16)9-10-18-11-12-21(2,3)20(25-4)19(18)13-24-15-22-14-23-24/h5-8,14-15,18-20H,9-13H2,1-4H3/t18-,19+,20-/m1/s1. The van der Waals surface area contributed by atoms with E-state index in [1.807, 2.05) is 18.1 Å². The molecule has 0 radical (unpaired) electrons. The predicted molar refractivity (Wildman–Crippen MR) is 100 cm³/mol. The summed E-state index contributed by atoms with van der Waals surface area (Å²) in [6, 6.07) is 8.96. The normalized spacial score (nSPS) is 25.8. The molecule has 1 aliphatic rings. The second kappa shape index (κ2) is 7.69. The van der Waals surface area contributed by atoms with E-state index < -0.39 is 0 Å². The van der Waals surface area contributed by atoms with Gasteiger partial charge in [-0.15, -0.1) is 0 Å². The molecular weight excluding hydrogens is 310 g/mol. The van der Waals surface area contributed by atoms with Gasteiger partial charge in [0.1, 0.15) is 12.7 Å². The summed E-state index contributed by atoms with van der Waals surface area (Å²) in [5.74, 6) is 1.13. The van der Waals surface area contributed by atoms with Crippen molar-refractivity contribution in [3.8, 4) is 0 Å². The molecule has 4 nitrogen and oxygen atoms in total. The van der Waals surface area contributed by atoms with E-state index in [-0.39, 0.29) is 11.5 Å². The largest absolute Gasteiger partial charge is 0.381 e. The van der Waals surface area contributed by atoms with E-state index >= 15 is 0 Å². The Morgan fingerprint density at radius 3 is 2.64 bits per heavy atom. The second-order valence-corrected chi connectivity index (χ2v) is 8.25. The van der Waals surface area contributed by atoms with Gasteiger partial charge in [0.05, 0.1) is 6.10 Å². The molecule has 1 aliphatic carbocycles.